The number of benzene rings is 2. The number of hydrogen-bond donors (Lipinski definition) is 4. The van der Waals surface area contributed by atoms with Crippen LogP contribution in [0.15, 0.2) is 42.5 Å². The van der Waals surface area contributed by atoms with E-state index in [1.165, 1.54) is 12.8 Å². The molecule has 1 fully saturated rings. The zero-order chi connectivity index (χ0) is 31.6. The number of carbonyl (C=O) groups is 3. The normalized spacial score (nSPS) is 19.3. The van der Waals surface area contributed by atoms with Gasteiger partial charge in [0.1, 0.15) is 11.9 Å². The zero-order valence-electron chi connectivity index (χ0n) is 26.4. The number of likely N-dealkylation sites (N-methyl/N-ethyl adjacent to an activating group) is 1. The van der Waals surface area contributed by atoms with E-state index in [2.05, 4.69) is 29.5 Å². The summed E-state index contributed by atoms with van der Waals surface area (Å²) in [5, 5.41) is 15.7. The number of nitrogens with one attached hydrogen (secondary N) is 2. The molecule has 4 rings (SSSR count). The molecule has 0 aromatic heterocycles. The largest absolute Gasteiger partial charge is 0.488 e. The number of nitrogen functional groups attached to an aromatic ring is 1. The van der Waals surface area contributed by atoms with Crippen LogP contribution in [0.2, 0.25) is 0 Å². The van der Waals surface area contributed by atoms with Crippen LogP contribution < -0.4 is 21.1 Å². The van der Waals surface area contributed by atoms with E-state index in [4.69, 9.17) is 10.5 Å². The van der Waals surface area contributed by atoms with E-state index >= 15 is 0 Å². The van der Waals surface area contributed by atoms with Crippen molar-refractivity contribution in [1.82, 2.24) is 9.80 Å². The molecule has 3 amide bonds. The van der Waals surface area contributed by atoms with E-state index in [1.54, 1.807) is 17.0 Å². The van der Waals surface area contributed by atoms with Crippen molar-refractivity contribution in [2.24, 2.45) is 11.8 Å². The fraction of sp³-hybridized carbons (Fsp3) is 0.559. The number of rotatable bonds is 14. The fourth-order valence-corrected chi connectivity index (χ4v) is 5.64. The summed E-state index contributed by atoms with van der Waals surface area (Å²) in [5.74, 6) is 1.18. The number of fused-ring (bicyclic) bond motifs is 1. The van der Waals surface area contributed by atoms with E-state index in [9.17, 15) is 19.5 Å². The molecule has 2 aromatic rings. The molecule has 44 heavy (non-hydrogen) atoms. The molecule has 0 radical (unpaired) electrons. The highest BCUT2D eigenvalue weighted by Gasteiger charge is 2.32. The summed E-state index contributed by atoms with van der Waals surface area (Å²) < 4.78 is 6.59. The Labute approximate surface area is 261 Å². The Morgan fingerprint density at radius 1 is 1.07 bits per heavy atom. The molecule has 2 aromatic carbocycles. The van der Waals surface area contributed by atoms with Gasteiger partial charge in [-0.3, -0.25) is 14.4 Å². The first-order valence-corrected chi connectivity index (χ1v) is 16.0. The molecular weight excluding hydrogens is 558 g/mol. The number of unbranched alkanes of at least 4 members (excludes halogenated alkanes) is 2. The highest BCUT2D eigenvalue weighted by Crippen LogP contribution is 2.31. The second-order valence-corrected chi connectivity index (χ2v) is 12.6. The lowest BCUT2D eigenvalue weighted by molar-refractivity contribution is -0.134. The lowest BCUT2D eigenvalue weighted by Gasteiger charge is -2.34. The minimum Gasteiger partial charge on any atom is -0.488 e. The second-order valence-electron chi connectivity index (χ2n) is 12.6. The lowest BCUT2D eigenvalue weighted by Crippen LogP contribution is -2.47. The summed E-state index contributed by atoms with van der Waals surface area (Å²) >= 11 is 0. The lowest BCUT2D eigenvalue weighted by atomic mass is 10.0. The topological polar surface area (TPSA) is 137 Å². The van der Waals surface area contributed by atoms with Crippen LogP contribution in [-0.4, -0.2) is 78.1 Å². The molecule has 1 aliphatic heterocycles. The van der Waals surface area contributed by atoms with Crippen LogP contribution in [0, 0.1) is 11.8 Å². The van der Waals surface area contributed by atoms with Crippen molar-refractivity contribution in [2.75, 3.05) is 49.7 Å². The Balaban J connectivity index is 1.33. The molecule has 3 atom stereocenters. The molecule has 0 unspecified atom stereocenters. The van der Waals surface area contributed by atoms with Crippen molar-refractivity contribution in [2.45, 2.75) is 77.4 Å². The highest BCUT2D eigenvalue weighted by atomic mass is 16.5. The molecular formula is C34H49N5O5. The maximum Gasteiger partial charge on any atom is 0.227 e. The third-order valence-electron chi connectivity index (χ3n) is 8.50. The van der Waals surface area contributed by atoms with Crippen LogP contribution in [-0.2, 0) is 20.8 Å². The number of aliphatic hydroxyl groups excluding tert-OH is 1. The van der Waals surface area contributed by atoms with Crippen LogP contribution in [0.5, 0.6) is 5.75 Å². The van der Waals surface area contributed by atoms with Crippen molar-refractivity contribution in [1.29, 1.82) is 0 Å². The molecule has 10 nitrogen and oxygen atoms in total. The predicted octanol–water partition coefficient (Wildman–Crippen LogP) is 4.29. The molecule has 1 heterocycles. The molecule has 1 saturated carbocycles. The Bertz CT molecular complexity index is 1280. The quantitative estimate of drug-likeness (QED) is 0.186. The van der Waals surface area contributed by atoms with Crippen LogP contribution >= 0.6 is 0 Å². The standard InChI is InChI=1S/C34H49N5O5/c1-23-19-39(24(2)22-40)34(43)18-26-17-27(15-16-30(26)44-31(23)21-38(3)20-25-13-14-25)36-32(41)11-5-4-6-12-33(42)37-29-10-8-7-9-28(29)35/h7-10,15-17,23-25,31,40H,4-6,11-14,18-22,35H2,1-3H3,(H,36,41)(H,37,42)/t23-,24-,31+/m0/s1. The molecule has 1 aliphatic carbocycles. The molecule has 5 N–H and O–H groups in total. The van der Waals surface area contributed by atoms with E-state index < -0.39 is 0 Å². The number of nitrogens with zero attached hydrogens (tertiary/aromatic N) is 2. The minimum atomic E-state index is -0.304. The number of amides is 3. The number of anilines is 3. The van der Waals surface area contributed by atoms with Crippen molar-refractivity contribution in [3.05, 3.63) is 48.0 Å². The van der Waals surface area contributed by atoms with Crippen molar-refractivity contribution >= 4 is 34.8 Å². The number of ether oxygens (including phenoxy) is 1. The van der Waals surface area contributed by atoms with Crippen molar-refractivity contribution < 1.29 is 24.2 Å². The van der Waals surface area contributed by atoms with Gasteiger partial charge in [-0.05, 0) is 75.9 Å². The first-order chi connectivity index (χ1) is 21.1. The van der Waals surface area contributed by atoms with E-state index in [1.807, 2.05) is 37.3 Å². The second kappa shape index (κ2) is 15.9. The summed E-state index contributed by atoms with van der Waals surface area (Å²) in [6.07, 6.45) is 5.29. The molecule has 240 valence electrons. The Hall–Kier alpha value is -3.63. The van der Waals surface area contributed by atoms with Gasteiger partial charge in [-0.2, -0.15) is 0 Å². The number of nitrogens with two attached hydrogens (primary N) is 1. The predicted molar refractivity (Wildman–Crippen MR) is 173 cm³/mol. The fourth-order valence-electron chi connectivity index (χ4n) is 5.64. The number of para-hydroxylation sites is 2. The molecule has 0 bridgehead atoms. The van der Waals surface area contributed by atoms with Crippen LogP contribution in [0.25, 0.3) is 0 Å². The number of hydrogen-bond acceptors (Lipinski definition) is 7. The first kappa shape index (κ1) is 33.3. The summed E-state index contributed by atoms with van der Waals surface area (Å²) in [6.45, 7) is 6.14. The van der Waals surface area contributed by atoms with Gasteiger partial charge in [-0.15, -0.1) is 0 Å². The van der Waals surface area contributed by atoms with Gasteiger partial charge >= 0.3 is 0 Å². The van der Waals surface area contributed by atoms with E-state index in [0.717, 1.165) is 31.0 Å². The van der Waals surface area contributed by atoms with Crippen molar-refractivity contribution in [3.8, 4) is 5.75 Å². The Morgan fingerprint density at radius 3 is 2.45 bits per heavy atom. The van der Waals surface area contributed by atoms with Gasteiger partial charge in [0, 0.05) is 49.6 Å². The van der Waals surface area contributed by atoms with Crippen LogP contribution in [0.4, 0.5) is 17.1 Å². The molecule has 0 spiro atoms. The van der Waals surface area contributed by atoms with Crippen LogP contribution in [0.3, 0.4) is 0 Å². The average molecular weight is 608 g/mol. The number of aliphatic hydroxyl groups is 1. The summed E-state index contributed by atoms with van der Waals surface area (Å²) in [6, 6.07) is 12.3. The maximum atomic E-state index is 13.4. The van der Waals surface area contributed by atoms with Crippen molar-refractivity contribution in [3.63, 3.8) is 0 Å². The summed E-state index contributed by atoms with van der Waals surface area (Å²) in [7, 11) is 2.12. The third kappa shape index (κ3) is 9.95. The monoisotopic (exact) mass is 607 g/mol. The SMILES string of the molecule is C[C@H]1CN([C@@H](C)CO)C(=O)Cc2cc(NC(=O)CCCCCC(=O)Nc3ccccc3N)ccc2O[C@@H]1CN(C)CC1CC1. The van der Waals surface area contributed by atoms with Gasteiger partial charge in [0.05, 0.1) is 30.4 Å². The third-order valence-corrected chi connectivity index (χ3v) is 8.50. The Kier molecular flexibility index (Phi) is 12.0. The smallest absolute Gasteiger partial charge is 0.227 e. The molecule has 2 aliphatic rings. The zero-order valence-corrected chi connectivity index (χ0v) is 26.4. The van der Waals surface area contributed by atoms with E-state index in [0.29, 0.717) is 55.0 Å². The average Bonchev–Trinajstić information content (AvgIpc) is 3.80. The minimum absolute atomic E-state index is 0.0579. The van der Waals surface area contributed by atoms with Gasteiger partial charge in [-0.25, -0.2) is 0 Å². The van der Waals surface area contributed by atoms with Gasteiger partial charge < -0.3 is 36.0 Å². The molecule has 10 heteroatoms. The van der Waals surface area contributed by atoms with Gasteiger partial charge in [0.2, 0.25) is 17.7 Å². The van der Waals surface area contributed by atoms with Gasteiger partial charge in [0.15, 0.2) is 0 Å². The van der Waals surface area contributed by atoms with E-state index in [-0.39, 0.29) is 48.8 Å². The van der Waals surface area contributed by atoms with Crippen LogP contribution in [0.1, 0.15) is 64.4 Å². The summed E-state index contributed by atoms with van der Waals surface area (Å²) in [5.41, 5.74) is 8.35. The maximum absolute atomic E-state index is 13.4. The van der Waals surface area contributed by atoms with Gasteiger partial charge in [0.25, 0.3) is 0 Å². The number of carbonyl (C=O) groups excluding carboxylic acids is 3. The summed E-state index contributed by atoms with van der Waals surface area (Å²) in [4.78, 5) is 42.5. The highest BCUT2D eigenvalue weighted by molar-refractivity contribution is 5.94. The first-order valence-electron chi connectivity index (χ1n) is 16.0. The van der Waals surface area contributed by atoms with Gasteiger partial charge in [-0.1, -0.05) is 25.5 Å². The Morgan fingerprint density at radius 2 is 1.77 bits per heavy atom. The molecule has 0 saturated heterocycles.